The summed E-state index contributed by atoms with van der Waals surface area (Å²) in [6.07, 6.45) is 5.86. The minimum absolute atomic E-state index is 0.0123. The molecule has 29 heavy (non-hydrogen) atoms. The molecule has 1 aromatic carbocycles. The van der Waals surface area contributed by atoms with Crippen LogP contribution in [0.15, 0.2) is 41.6 Å². The highest BCUT2D eigenvalue weighted by atomic mass is 32.2. The Balaban J connectivity index is 1.71. The molecule has 9 heteroatoms. The lowest BCUT2D eigenvalue weighted by Gasteiger charge is -2.32. The zero-order valence-corrected chi connectivity index (χ0v) is 17.4. The molecule has 1 saturated carbocycles. The second kappa shape index (κ2) is 8.96. The Hall–Kier alpha value is -2.39. The zero-order chi connectivity index (χ0) is 21.0. The van der Waals surface area contributed by atoms with Gasteiger partial charge in [-0.05, 0) is 44.7 Å². The molecule has 2 amide bonds. The number of benzene rings is 1. The number of hydrogen-bond donors (Lipinski definition) is 2. The van der Waals surface area contributed by atoms with E-state index in [0.29, 0.717) is 0 Å². The smallest absolute Gasteiger partial charge is 0.264 e. The molecule has 1 heterocycles. The lowest BCUT2D eigenvalue weighted by atomic mass is 9.93. The van der Waals surface area contributed by atoms with Gasteiger partial charge in [-0.25, -0.2) is 8.42 Å². The van der Waals surface area contributed by atoms with E-state index in [1.54, 1.807) is 19.2 Å². The Bertz CT molecular complexity index is 874. The fourth-order valence-electron chi connectivity index (χ4n) is 3.68. The second-order valence-corrected chi connectivity index (χ2v) is 9.31. The highest BCUT2D eigenvalue weighted by molar-refractivity contribution is 7.89. The molecule has 0 saturated heterocycles. The average molecular weight is 422 g/mol. The largest absolute Gasteiger partial charge is 0.381 e. The molecule has 1 aliphatic heterocycles. The van der Waals surface area contributed by atoms with Crippen molar-refractivity contribution in [2.75, 3.05) is 7.11 Å². The van der Waals surface area contributed by atoms with E-state index in [1.807, 2.05) is 6.92 Å². The molecule has 0 unspecified atom stereocenters. The van der Waals surface area contributed by atoms with Crippen LogP contribution in [0.1, 0.15) is 37.7 Å². The maximum Gasteiger partial charge on any atom is 0.264 e. The van der Waals surface area contributed by atoms with Crippen LogP contribution in [0.4, 0.5) is 0 Å². The molecule has 0 spiro atoms. The molecule has 1 aliphatic carbocycles. The molecule has 2 aliphatic rings. The summed E-state index contributed by atoms with van der Waals surface area (Å²) >= 11 is 0. The highest BCUT2D eigenvalue weighted by Crippen LogP contribution is 2.24. The van der Waals surface area contributed by atoms with Gasteiger partial charge in [0.05, 0.1) is 17.4 Å². The van der Waals surface area contributed by atoms with Crippen molar-refractivity contribution < 1.29 is 22.7 Å². The predicted octanol–water partition coefficient (Wildman–Crippen LogP) is 1.42. The van der Waals surface area contributed by atoms with Crippen LogP contribution < -0.4 is 10.6 Å². The highest BCUT2D eigenvalue weighted by Gasteiger charge is 2.37. The van der Waals surface area contributed by atoms with Crippen molar-refractivity contribution in [2.24, 2.45) is 0 Å². The summed E-state index contributed by atoms with van der Waals surface area (Å²) in [5.74, 6) is -0.869. The molecule has 3 rings (SSSR count). The summed E-state index contributed by atoms with van der Waals surface area (Å²) in [5.41, 5.74) is 0.926. The minimum Gasteiger partial charge on any atom is -0.381 e. The summed E-state index contributed by atoms with van der Waals surface area (Å²) < 4.78 is 32.4. The first-order valence-electron chi connectivity index (χ1n) is 9.70. The zero-order valence-electron chi connectivity index (χ0n) is 16.6. The van der Waals surface area contributed by atoms with Crippen LogP contribution in [0.2, 0.25) is 0 Å². The van der Waals surface area contributed by atoms with E-state index in [9.17, 15) is 18.0 Å². The van der Waals surface area contributed by atoms with E-state index in [4.69, 9.17) is 4.74 Å². The van der Waals surface area contributed by atoms with Crippen LogP contribution in [0.25, 0.3) is 0 Å². The minimum atomic E-state index is -3.96. The van der Waals surface area contributed by atoms with E-state index in [-0.39, 0.29) is 29.4 Å². The van der Waals surface area contributed by atoms with Gasteiger partial charge >= 0.3 is 0 Å². The van der Waals surface area contributed by atoms with Crippen molar-refractivity contribution in [3.63, 3.8) is 0 Å². The van der Waals surface area contributed by atoms with Crippen LogP contribution in [-0.4, -0.2) is 49.8 Å². The van der Waals surface area contributed by atoms with Crippen LogP contribution in [-0.2, 0) is 24.3 Å². The van der Waals surface area contributed by atoms with E-state index < -0.39 is 22.0 Å². The Kier molecular flexibility index (Phi) is 6.59. The topological polar surface area (TPSA) is 105 Å². The molecule has 8 nitrogen and oxygen atoms in total. The molecule has 2 N–H and O–H groups in total. The number of nitrogens with zero attached hydrogens (tertiary/aromatic N) is 1. The average Bonchev–Trinajstić information content (AvgIpc) is 2.70. The normalized spacial score (nSPS) is 24.8. The lowest BCUT2D eigenvalue weighted by Crippen LogP contribution is -2.51. The third-order valence-electron chi connectivity index (χ3n) is 5.40. The third kappa shape index (κ3) is 4.97. The maximum absolute atomic E-state index is 13.0. The van der Waals surface area contributed by atoms with Crippen LogP contribution in [0.5, 0.6) is 0 Å². The number of carbonyl (C=O) groups excluding carboxylic acids is 2. The molecule has 1 atom stereocenters. The first kappa shape index (κ1) is 21.3. The molecule has 0 aromatic heterocycles. The van der Waals surface area contributed by atoms with Gasteiger partial charge in [0.25, 0.3) is 10.0 Å². The van der Waals surface area contributed by atoms with Gasteiger partial charge in [0.15, 0.2) is 0 Å². The first-order chi connectivity index (χ1) is 13.8. The molecule has 0 bridgehead atoms. The van der Waals surface area contributed by atoms with Gasteiger partial charge in [-0.15, -0.1) is 0 Å². The molecule has 158 valence electrons. The number of carbonyl (C=O) groups is 2. The number of aryl methyl sites for hydroxylation is 1. The summed E-state index contributed by atoms with van der Waals surface area (Å²) in [5, 5.41) is 5.43. The van der Waals surface area contributed by atoms with E-state index in [0.717, 1.165) is 35.6 Å². The van der Waals surface area contributed by atoms with Gasteiger partial charge in [-0.1, -0.05) is 17.7 Å². The van der Waals surface area contributed by atoms with E-state index >= 15 is 0 Å². The van der Waals surface area contributed by atoms with Gasteiger partial charge in [-0.2, -0.15) is 0 Å². The summed E-state index contributed by atoms with van der Waals surface area (Å²) in [4.78, 5) is 25.0. The molecule has 0 radical (unpaired) electrons. The van der Waals surface area contributed by atoms with Crippen LogP contribution in [0, 0.1) is 6.92 Å². The van der Waals surface area contributed by atoms with Gasteiger partial charge in [0, 0.05) is 25.6 Å². The second-order valence-electron chi connectivity index (χ2n) is 7.47. The van der Waals surface area contributed by atoms with Gasteiger partial charge in [0.1, 0.15) is 6.04 Å². The number of amides is 2. The third-order valence-corrected chi connectivity index (χ3v) is 7.20. The summed E-state index contributed by atoms with van der Waals surface area (Å²) in [7, 11) is -2.28. The number of hydrogen-bond acceptors (Lipinski definition) is 5. The first-order valence-corrected chi connectivity index (χ1v) is 11.1. The molecular weight excluding hydrogens is 394 g/mol. The molecule has 1 fully saturated rings. The number of methoxy groups -OCH3 is 1. The SMILES string of the molecule is CO[C@H]1CC[C@H](NC(=O)C[C@@H]2C(=O)NC=CN2S(=O)(=O)c2ccc(C)cc2)CC1. The number of rotatable bonds is 6. The quantitative estimate of drug-likeness (QED) is 0.723. The Morgan fingerprint density at radius 2 is 1.86 bits per heavy atom. The standard InChI is InChI=1S/C20H27N3O5S/c1-14-3-9-17(10-4-14)29(26,27)23-12-11-21-20(25)18(23)13-19(24)22-15-5-7-16(28-2)8-6-15/h3-4,9-12,15-16,18H,5-8,13H2,1-2H3,(H,21,25)(H,22,24)/t15-,16-,18-/m1/s1. The fourth-order valence-corrected chi connectivity index (χ4v) is 5.13. The van der Waals surface area contributed by atoms with Crippen LogP contribution in [0.3, 0.4) is 0 Å². The van der Waals surface area contributed by atoms with Crippen molar-refractivity contribution in [3.05, 3.63) is 42.2 Å². The van der Waals surface area contributed by atoms with Gasteiger partial charge in [-0.3, -0.25) is 13.9 Å². The maximum atomic E-state index is 13.0. The number of sulfonamides is 1. The monoisotopic (exact) mass is 421 g/mol. The summed E-state index contributed by atoms with van der Waals surface area (Å²) in [6, 6.07) is 5.25. The number of nitrogens with one attached hydrogen (secondary N) is 2. The molecule has 1 aromatic rings. The van der Waals surface area contributed by atoms with Crippen molar-refractivity contribution in [2.45, 2.75) is 62.1 Å². The fraction of sp³-hybridized carbons (Fsp3) is 0.500. The summed E-state index contributed by atoms with van der Waals surface area (Å²) in [6.45, 7) is 1.86. The Labute approximate surface area is 171 Å². The van der Waals surface area contributed by atoms with Gasteiger partial charge < -0.3 is 15.4 Å². The van der Waals surface area contributed by atoms with Crippen molar-refractivity contribution in [3.8, 4) is 0 Å². The Morgan fingerprint density at radius 3 is 2.48 bits per heavy atom. The predicted molar refractivity (Wildman–Crippen MR) is 107 cm³/mol. The molecular formula is C20H27N3O5S. The van der Waals surface area contributed by atoms with Crippen molar-refractivity contribution in [1.29, 1.82) is 0 Å². The Morgan fingerprint density at radius 1 is 1.21 bits per heavy atom. The van der Waals surface area contributed by atoms with Crippen LogP contribution >= 0.6 is 0 Å². The van der Waals surface area contributed by atoms with E-state index in [1.165, 1.54) is 24.5 Å². The van der Waals surface area contributed by atoms with Crippen molar-refractivity contribution in [1.82, 2.24) is 14.9 Å². The number of ether oxygens (including phenoxy) is 1. The van der Waals surface area contributed by atoms with Crippen molar-refractivity contribution >= 4 is 21.8 Å². The van der Waals surface area contributed by atoms with Gasteiger partial charge in [0.2, 0.25) is 11.8 Å². The van der Waals surface area contributed by atoms with E-state index in [2.05, 4.69) is 10.6 Å². The lowest BCUT2D eigenvalue weighted by molar-refractivity contribution is -0.130.